The molecule has 0 amide bonds. The number of aliphatic carboxylic acids is 1. The van der Waals surface area contributed by atoms with Gasteiger partial charge in [0, 0.05) is 6.54 Å². The first kappa shape index (κ1) is 33.6. The van der Waals surface area contributed by atoms with E-state index in [2.05, 4.69) is 10.1 Å². The largest absolute Gasteiger partial charge is 0.480 e. The number of hydrogen-bond donors (Lipinski definition) is 4. The number of carboxylic acids is 1. The van der Waals surface area contributed by atoms with Gasteiger partial charge in [0.1, 0.15) is 54.6 Å². The lowest BCUT2D eigenvalue weighted by Gasteiger charge is -2.46. The number of benzene rings is 1. The third-order valence-electron chi connectivity index (χ3n) is 8.29. The van der Waals surface area contributed by atoms with Crippen LogP contribution in [0.15, 0.2) is 48.8 Å². The van der Waals surface area contributed by atoms with Crippen molar-refractivity contribution in [3.63, 3.8) is 0 Å². The number of likely N-dealkylation sites (tertiary alicyclic amines) is 1. The number of carbonyl (C=O) groups is 1. The number of halogens is 2. The molecule has 0 radical (unpaired) electrons. The van der Waals surface area contributed by atoms with E-state index >= 15 is 8.78 Å². The Labute approximate surface area is 262 Å². The number of para-hydroxylation sites is 1. The third-order valence-corrected chi connectivity index (χ3v) is 10.4. The minimum absolute atomic E-state index is 0.100. The quantitative estimate of drug-likeness (QED) is 0.216. The number of aliphatic hydroxyl groups excluding tert-OH is 2. The van der Waals surface area contributed by atoms with Crippen LogP contribution in [0.25, 0.3) is 5.52 Å². The Morgan fingerprint density at radius 3 is 2.65 bits per heavy atom. The van der Waals surface area contributed by atoms with Gasteiger partial charge in [0.2, 0.25) is 5.60 Å². The number of aliphatic hydroxyl groups is 2. The zero-order valence-electron chi connectivity index (χ0n) is 24.9. The Balaban J connectivity index is 1.53. The summed E-state index contributed by atoms with van der Waals surface area (Å²) in [5, 5.41) is 46.4. The summed E-state index contributed by atoms with van der Waals surface area (Å²) >= 11 is 0. The number of anilines is 1. The van der Waals surface area contributed by atoms with Crippen LogP contribution in [0.1, 0.15) is 32.1 Å². The van der Waals surface area contributed by atoms with Gasteiger partial charge in [0.25, 0.3) is 5.92 Å². The van der Waals surface area contributed by atoms with Crippen LogP contribution in [0.3, 0.4) is 0 Å². The number of ether oxygens (including phenoxy) is 1. The summed E-state index contributed by atoms with van der Waals surface area (Å²) < 4.78 is 65.4. The molecule has 3 aromatic rings. The lowest BCUT2D eigenvalue weighted by atomic mass is 9.96. The zero-order valence-corrected chi connectivity index (χ0v) is 25.8. The second-order valence-electron chi connectivity index (χ2n) is 11.2. The van der Waals surface area contributed by atoms with Gasteiger partial charge < -0.3 is 30.3 Å². The molecule has 18 heteroatoms. The molecular formula is C28H34F2N7O8P. The molecule has 2 saturated heterocycles. The maximum Gasteiger partial charge on any atom is 0.462 e. The number of fused-ring (bicyclic) bond motifs is 1. The summed E-state index contributed by atoms with van der Waals surface area (Å²) in [6, 6.07) is 8.41. The molecule has 0 saturated carbocycles. The Hall–Kier alpha value is -3.75. The first-order chi connectivity index (χ1) is 21.8. The molecule has 2 aromatic heterocycles. The number of nitriles is 1. The van der Waals surface area contributed by atoms with Gasteiger partial charge in [-0.05, 0) is 44.2 Å². The van der Waals surface area contributed by atoms with Gasteiger partial charge in [-0.15, -0.1) is 0 Å². The number of nitrogens with two attached hydrogens (primary N) is 1. The number of nitrogens with zero attached hydrogens (tertiary/aromatic N) is 6. The molecule has 2 fully saturated rings. The first-order valence-electron chi connectivity index (χ1n) is 14.4. The van der Waals surface area contributed by atoms with Crippen molar-refractivity contribution in [2.75, 3.05) is 32.0 Å². The Morgan fingerprint density at radius 2 is 2.02 bits per heavy atom. The average molecular weight is 666 g/mol. The van der Waals surface area contributed by atoms with Crippen LogP contribution >= 0.6 is 7.75 Å². The van der Waals surface area contributed by atoms with Gasteiger partial charge in [-0.25, -0.2) is 22.8 Å². The fraction of sp³-hybridized carbons (Fsp3) is 0.500. The van der Waals surface area contributed by atoms with E-state index in [9.17, 15) is 29.9 Å². The van der Waals surface area contributed by atoms with Crippen LogP contribution in [-0.4, -0.2) is 108 Å². The second-order valence-corrected chi connectivity index (χ2v) is 13.0. The molecule has 0 spiro atoms. The fourth-order valence-electron chi connectivity index (χ4n) is 5.77. The summed E-state index contributed by atoms with van der Waals surface area (Å²) in [5.41, 5.74) is 4.00. The van der Waals surface area contributed by atoms with Gasteiger partial charge >= 0.3 is 13.7 Å². The van der Waals surface area contributed by atoms with E-state index in [0.717, 1.165) is 13.3 Å². The van der Waals surface area contributed by atoms with Crippen molar-refractivity contribution in [1.29, 1.82) is 5.26 Å². The SMILES string of the molecule is CCN1CCC(N([C@@H](C)C(=O)O)P(=O)(OC[C@@]2(C#N)O[C@@H](c3ccc4c(N)ncnn34)[C@H](O)[C@@H]2O)Oc2ccccc2)C(F)(F)C1. The number of hydrogen-bond acceptors (Lipinski definition) is 12. The van der Waals surface area contributed by atoms with Crippen molar-refractivity contribution in [1.82, 2.24) is 24.2 Å². The van der Waals surface area contributed by atoms with Gasteiger partial charge in [-0.3, -0.25) is 14.2 Å². The van der Waals surface area contributed by atoms with E-state index in [0.29, 0.717) is 16.7 Å². The van der Waals surface area contributed by atoms with Crippen LogP contribution in [0.2, 0.25) is 0 Å². The molecule has 15 nitrogen and oxygen atoms in total. The van der Waals surface area contributed by atoms with E-state index < -0.39 is 68.8 Å². The molecule has 2 aliphatic rings. The number of alkyl halides is 2. The molecule has 1 aromatic carbocycles. The van der Waals surface area contributed by atoms with Crippen molar-refractivity contribution in [3.8, 4) is 11.8 Å². The number of carboxylic acid groups (broad SMARTS) is 1. The molecule has 46 heavy (non-hydrogen) atoms. The maximum atomic E-state index is 15.7. The number of nitrogen functional groups attached to an aromatic ring is 1. The minimum atomic E-state index is -5.13. The molecule has 4 heterocycles. The van der Waals surface area contributed by atoms with Crippen LogP contribution in [0, 0.1) is 11.3 Å². The maximum absolute atomic E-state index is 15.7. The van der Waals surface area contributed by atoms with Crippen LogP contribution in [-0.2, 0) is 18.6 Å². The highest BCUT2D eigenvalue weighted by molar-refractivity contribution is 7.51. The summed E-state index contributed by atoms with van der Waals surface area (Å²) in [7, 11) is -5.13. The van der Waals surface area contributed by atoms with Crippen LogP contribution in [0.5, 0.6) is 5.75 Å². The molecular weight excluding hydrogens is 631 g/mol. The van der Waals surface area contributed by atoms with Crippen LogP contribution in [0.4, 0.5) is 14.6 Å². The molecule has 248 valence electrons. The summed E-state index contributed by atoms with van der Waals surface area (Å²) in [6.07, 6.45) is -4.25. The first-order valence-corrected chi connectivity index (χ1v) is 15.9. The Kier molecular flexibility index (Phi) is 9.35. The minimum Gasteiger partial charge on any atom is -0.480 e. The van der Waals surface area contributed by atoms with E-state index in [1.54, 1.807) is 19.1 Å². The van der Waals surface area contributed by atoms with E-state index in [4.69, 9.17) is 19.5 Å². The van der Waals surface area contributed by atoms with Gasteiger partial charge in [-0.2, -0.15) is 15.0 Å². The van der Waals surface area contributed by atoms with E-state index in [1.165, 1.54) is 45.8 Å². The summed E-state index contributed by atoms with van der Waals surface area (Å²) in [6.45, 7) is 1.41. The number of rotatable bonds is 11. The summed E-state index contributed by atoms with van der Waals surface area (Å²) in [4.78, 5) is 17.7. The smallest absolute Gasteiger partial charge is 0.462 e. The zero-order chi connectivity index (χ0) is 33.4. The molecule has 5 rings (SSSR count). The lowest BCUT2D eigenvalue weighted by molar-refractivity contribution is -0.150. The monoisotopic (exact) mass is 665 g/mol. The summed E-state index contributed by atoms with van der Waals surface area (Å²) in [5.74, 6) is -5.14. The van der Waals surface area contributed by atoms with Gasteiger partial charge in [0.15, 0.2) is 5.82 Å². The predicted octanol–water partition coefficient (Wildman–Crippen LogP) is 2.08. The fourth-order valence-corrected chi connectivity index (χ4v) is 7.94. The Morgan fingerprint density at radius 1 is 1.30 bits per heavy atom. The number of aromatic nitrogens is 3. The van der Waals surface area contributed by atoms with Crippen LogP contribution < -0.4 is 10.3 Å². The third kappa shape index (κ3) is 6.05. The lowest BCUT2D eigenvalue weighted by Crippen LogP contribution is -2.60. The van der Waals surface area contributed by atoms with E-state index in [1.807, 2.05) is 0 Å². The molecule has 0 bridgehead atoms. The van der Waals surface area contributed by atoms with E-state index in [-0.39, 0.29) is 30.2 Å². The normalized spacial score (nSPS) is 28.5. The highest BCUT2D eigenvalue weighted by Gasteiger charge is 2.60. The number of piperidine rings is 1. The molecule has 0 aliphatic carbocycles. The highest BCUT2D eigenvalue weighted by Crippen LogP contribution is 2.58. The van der Waals surface area contributed by atoms with Gasteiger partial charge in [0.05, 0.1) is 18.3 Å². The topological polar surface area (TPSA) is 209 Å². The molecule has 2 aliphatic heterocycles. The molecule has 2 unspecified atom stereocenters. The van der Waals surface area contributed by atoms with Crippen molar-refractivity contribution in [3.05, 3.63) is 54.5 Å². The standard InChI is InChI=1S/C28H34F2N7O8P/c1-3-35-12-11-21(28(29,30)14-35)37(17(2)26(40)41)46(42,45-18-7-5-4-6-8-18)43-15-27(13-31)24(39)22(38)23(44-27)19-9-10-20-25(32)33-16-34-36(19)20/h4-10,16-17,21-24,38-39H,3,11-12,14-15H2,1-2H3,(H,40,41)(H2,32,33,34)/t17-,21?,22-,23-,24-,27+,46?/m0/s1. The molecule has 7 atom stereocenters. The highest BCUT2D eigenvalue weighted by atomic mass is 31.2. The predicted molar refractivity (Wildman–Crippen MR) is 157 cm³/mol. The van der Waals surface area contributed by atoms with Crippen molar-refractivity contribution < 1.29 is 47.2 Å². The second kappa shape index (κ2) is 12.8. The van der Waals surface area contributed by atoms with Crippen molar-refractivity contribution in [2.45, 2.75) is 62.2 Å². The van der Waals surface area contributed by atoms with Crippen molar-refractivity contribution >= 4 is 25.1 Å². The Bertz CT molecular complexity index is 1660. The van der Waals surface area contributed by atoms with Gasteiger partial charge in [-0.1, -0.05) is 25.1 Å². The average Bonchev–Trinajstić information content (AvgIpc) is 3.57. The molecule has 5 N–H and O–H groups in total. The van der Waals surface area contributed by atoms with Crippen molar-refractivity contribution in [2.24, 2.45) is 0 Å².